The molecule has 0 aliphatic rings. The largest absolute Gasteiger partial charge is 0.416 e. The van der Waals surface area contributed by atoms with Crippen molar-refractivity contribution in [1.82, 2.24) is 4.57 Å². The maximum atomic E-state index is 12.7. The first kappa shape index (κ1) is 17.1. The molecule has 0 unspecified atom stereocenters. The van der Waals surface area contributed by atoms with E-state index >= 15 is 0 Å². The smallest absolute Gasteiger partial charge is 0.321 e. The number of hydrogen-bond acceptors (Lipinski definition) is 1. The molecule has 0 aliphatic heterocycles. The number of hydrogen-bond donors (Lipinski definition) is 1. The van der Waals surface area contributed by atoms with Crippen LogP contribution in [-0.2, 0) is 11.0 Å². The third-order valence-electron chi connectivity index (χ3n) is 3.70. The second-order valence-electron chi connectivity index (χ2n) is 5.31. The van der Waals surface area contributed by atoms with Crippen molar-refractivity contribution in [3.63, 3.8) is 0 Å². The summed E-state index contributed by atoms with van der Waals surface area (Å²) in [6.07, 6.45) is -1.52. The molecule has 1 aromatic heterocycles. The van der Waals surface area contributed by atoms with Gasteiger partial charge in [0.05, 0.1) is 21.8 Å². The molecule has 3 aromatic rings. The number of nitrogens with zero attached hydrogens (tertiary/aromatic N) is 1. The van der Waals surface area contributed by atoms with Crippen molar-refractivity contribution in [2.75, 3.05) is 5.32 Å². The third kappa shape index (κ3) is 3.39. The molecule has 3 nitrogen and oxygen atoms in total. The van der Waals surface area contributed by atoms with Crippen molar-refractivity contribution in [1.29, 1.82) is 0 Å². The van der Waals surface area contributed by atoms with Crippen LogP contribution in [0.25, 0.3) is 16.6 Å². The van der Waals surface area contributed by atoms with E-state index in [-0.39, 0.29) is 5.91 Å². The van der Waals surface area contributed by atoms with Crippen molar-refractivity contribution >= 4 is 34.1 Å². The zero-order valence-corrected chi connectivity index (χ0v) is 13.5. The molecule has 1 heterocycles. The number of benzene rings is 2. The number of alkyl halides is 3. The number of anilines is 1. The van der Waals surface area contributed by atoms with E-state index in [1.54, 1.807) is 29.0 Å². The molecular weight excluding hydrogens is 353 g/mol. The second kappa shape index (κ2) is 6.29. The standard InChI is InChI=1S/C18H12ClF3N2O/c1-2-17(25)23-15-9-11-7-8-24(16(11)10-14(15)19)13-5-3-12(4-6-13)18(20,21)22/h2-10H,1H2,(H,23,25). The normalized spacial score (nSPS) is 11.5. The Hall–Kier alpha value is -2.73. The predicted molar refractivity (Wildman–Crippen MR) is 92.1 cm³/mol. The molecule has 1 amide bonds. The monoisotopic (exact) mass is 364 g/mol. The van der Waals surface area contributed by atoms with Crippen LogP contribution in [0.3, 0.4) is 0 Å². The lowest BCUT2D eigenvalue weighted by Crippen LogP contribution is -2.07. The topological polar surface area (TPSA) is 34.0 Å². The Kier molecular flexibility index (Phi) is 4.30. The Bertz CT molecular complexity index is 959. The highest BCUT2D eigenvalue weighted by Gasteiger charge is 2.30. The highest BCUT2D eigenvalue weighted by molar-refractivity contribution is 6.34. The molecular formula is C18H12ClF3N2O. The molecule has 128 valence electrons. The van der Waals surface area contributed by atoms with E-state index in [0.29, 0.717) is 21.9 Å². The first-order valence-electron chi connectivity index (χ1n) is 7.21. The Morgan fingerprint density at radius 2 is 1.84 bits per heavy atom. The molecule has 3 rings (SSSR count). The van der Waals surface area contributed by atoms with Gasteiger partial charge in [-0.2, -0.15) is 13.2 Å². The summed E-state index contributed by atoms with van der Waals surface area (Å²) in [7, 11) is 0. The van der Waals surface area contributed by atoms with E-state index < -0.39 is 11.7 Å². The molecule has 25 heavy (non-hydrogen) atoms. The summed E-state index contributed by atoms with van der Waals surface area (Å²) in [5.74, 6) is -0.386. The van der Waals surface area contributed by atoms with Gasteiger partial charge in [0, 0.05) is 17.3 Å². The number of nitrogens with one attached hydrogen (secondary N) is 1. The molecule has 0 saturated heterocycles. The van der Waals surface area contributed by atoms with E-state index in [9.17, 15) is 18.0 Å². The van der Waals surface area contributed by atoms with Crippen molar-refractivity contribution in [3.05, 3.63) is 71.9 Å². The lowest BCUT2D eigenvalue weighted by atomic mass is 10.2. The summed E-state index contributed by atoms with van der Waals surface area (Å²) in [5, 5.41) is 3.70. The average Bonchev–Trinajstić information content (AvgIpc) is 2.97. The number of aromatic nitrogens is 1. The summed E-state index contributed by atoms with van der Waals surface area (Å²) in [4.78, 5) is 11.4. The van der Waals surface area contributed by atoms with Gasteiger partial charge in [0.15, 0.2) is 0 Å². The van der Waals surface area contributed by atoms with Crippen LogP contribution < -0.4 is 5.32 Å². The van der Waals surface area contributed by atoms with Crippen molar-refractivity contribution < 1.29 is 18.0 Å². The fraction of sp³-hybridized carbons (Fsp3) is 0.0556. The Morgan fingerprint density at radius 1 is 1.16 bits per heavy atom. The highest BCUT2D eigenvalue weighted by Crippen LogP contribution is 2.32. The Balaban J connectivity index is 2.02. The summed E-state index contributed by atoms with van der Waals surface area (Å²) in [6, 6.07) is 9.97. The molecule has 0 bridgehead atoms. The number of carbonyl (C=O) groups excluding carboxylic acids is 1. The van der Waals surface area contributed by atoms with Gasteiger partial charge in [0.25, 0.3) is 0 Å². The van der Waals surface area contributed by atoms with E-state index in [2.05, 4.69) is 11.9 Å². The minimum absolute atomic E-state index is 0.314. The van der Waals surface area contributed by atoms with Gasteiger partial charge in [-0.25, -0.2) is 0 Å². The van der Waals surface area contributed by atoms with E-state index in [4.69, 9.17) is 11.6 Å². The fourth-order valence-electron chi connectivity index (χ4n) is 2.47. The number of halogens is 4. The van der Waals surface area contributed by atoms with Crippen LogP contribution in [0.5, 0.6) is 0 Å². The summed E-state index contributed by atoms with van der Waals surface area (Å²) < 4.78 is 39.8. The number of fused-ring (bicyclic) bond motifs is 1. The molecule has 0 radical (unpaired) electrons. The van der Waals surface area contributed by atoms with Crippen LogP contribution in [0, 0.1) is 0 Å². The molecule has 0 fully saturated rings. The minimum atomic E-state index is -4.38. The molecule has 2 aromatic carbocycles. The van der Waals surface area contributed by atoms with Crippen molar-refractivity contribution in [2.45, 2.75) is 6.18 Å². The van der Waals surface area contributed by atoms with Crippen molar-refractivity contribution in [2.24, 2.45) is 0 Å². The van der Waals surface area contributed by atoms with E-state index in [1.165, 1.54) is 12.1 Å². The van der Waals surface area contributed by atoms with Crippen LogP contribution >= 0.6 is 11.6 Å². The van der Waals surface area contributed by atoms with Gasteiger partial charge < -0.3 is 9.88 Å². The minimum Gasteiger partial charge on any atom is -0.321 e. The van der Waals surface area contributed by atoms with Gasteiger partial charge in [-0.3, -0.25) is 4.79 Å². The zero-order valence-electron chi connectivity index (χ0n) is 12.8. The lowest BCUT2D eigenvalue weighted by molar-refractivity contribution is -0.137. The molecule has 0 atom stereocenters. The van der Waals surface area contributed by atoms with Gasteiger partial charge in [0.1, 0.15) is 0 Å². The van der Waals surface area contributed by atoms with E-state index in [1.807, 2.05) is 0 Å². The first-order valence-corrected chi connectivity index (χ1v) is 7.59. The van der Waals surface area contributed by atoms with Gasteiger partial charge in [-0.05, 0) is 48.5 Å². The van der Waals surface area contributed by atoms with Crippen LogP contribution in [-0.4, -0.2) is 10.5 Å². The molecule has 0 saturated carbocycles. The van der Waals surface area contributed by atoms with Gasteiger partial charge >= 0.3 is 6.18 Å². The Labute approximate surface area is 146 Å². The number of rotatable bonds is 3. The first-order chi connectivity index (χ1) is 11.8. The van der Waals surface area contributed by atoms with Gasteiger partial charge in [-0.1, -0.05) is 18.2 Å². The maximum Gasteiger partial charge on any atom is 0.416 e. The molecule has 0 aliphatic carbocycles. The quantitative estimate of drug-likeness (QED) is 0.618. The maximum absolute atomic E-state index is 12.7. The third-order valence-corrected chi connectivity index (χ3v) is 4.01. The average molecular weight is 365 g/mol. The fourth-order valence-corrected chi connectivity index (χ4v) is 2.68. The van der Waals surface area contributed by atoms with Gasteiger partial charge in [0.2, 0.25) is 5.91 Å². The summed E-state index contributed by atoms with van der Waals surface area (Å²) in [5.41, 5.74) is 1.01. The highest BCUT2D eigenvalue weighted by atomic mass is 35.5. The van der Waals surface area contributed by atoms with Crippen molar-refractivity contribution in [3.8, 4) is 5.69 Å². The number of amides is 1. The van der Waals surface area contributed by atoms with Gasteiger partial charge in [-0.15, -0.1) is 0 Å². The lowest BCUT2D eigenvalue weighted by Gasteiger charge is -2.10. The summed E-state index contributed by atoms with van der Waals surface area (Å²) in [6.45, 7) is 3.38. The van der Waals surface area contributed by atoms with E-state index in [0.717, 1.165) is 23.6 Å². The summed E-state index contributed by atoms with van der Waals surface area (Å²) >= 11 is 6.19. The van der Waals surface area contributed by atoms with Crippen LogP contribution in [0.4, 0.5) is 18.9 Å². The van der Waals surface area contributed by atoms with Crippen LogP contribution in [0.2, 0.25) is 5.02 Å². The molecule has 1 N–H and O–H groups in total. The molecule has 0 spiro atoms. The second-order valence-corrected chi connectivity index (χ2v) is 5.72. The Morgan fingerprint density at radius 3 is 2.44 bits per heavy atom. The number of carbonyl (C=O) groups is 1. The zero-order chi connectivity index (χ0) is 18.2. The van der Waals surface area contributed by atoms with Crippen LogP contribution in [0.1, 0.15) is 5.56 Å². The molecule has 7 heteroatoms. The predicted octanol–water partition coefficient (Wildman–Crippen LogP) is 5.43. The van der Waals surface area contributed by atoms with Crippen LogP contribution in [0.15, 0.2) is 61.3 Å². The SMILES string of the molecule is C=CC(=O)Nc1cc2ccn(-c3ccc(C(F)(F)F)cc3)c2cc1Cl.